The molecule has 0 fully saturated rings. The summed E-state index contributed by atoms with van der Waals surface area (Å²) in [6, 6.07) is 41.4. The Hall–Kier alpha value is -7.13. The molecule has 6 rings (SSSR count). The van der Waals surface area contributed by atoms with Crippen molar-refractivity contribution < 1.29 is 48.5 Å². The SMILES string of the molecule is CC(C)[C@@H](C(=O)N1Cc2ccccc2C[C@H]1C(=O)N[C@@H](CCC(=O)O)C(=O)O)N(C[C@H](CSC(c1ccccc1)(c1ccccc1)c1ccccc1)NC(=O)OC(C)(C)C)C(=O)OCc1ccccc1. The fourth-order valence-corrected chi connectivity index (χ4v) is 10.2. The van der Waals surface area contributed by atoms with E-state index in [-0.39, 0.29) is 38.3 Å². The monoisotopic (exact) mass is 970 g/mol. The van der Waals surface area contributed by atoms with Gasteiger partial charge >= 0.3 is 24.1 Å². The molecule has 1 aliphatic heterocycles. The van der Waals surface area contributed by atoms with Crippen molar-refractivity contribution in [2.24, 2.45) is 5.92 Å². The summed E-state index contributed by atoms with van der Waals surface area (Å²) in [5.41, 5.74) is 4.22. The van der Waals surface area contributed by atoms with Crippen LogP contribution < -0.4 is 10.6 Å². The second kappa shape index (κ2) is 23.9. The van der Waals surface area contributed by atoms with Crippen molar-refractivity contribution in [3.05, 3.63) is 179 Å². The molecule has 0 saturated carbocycles. The van der Waals surface area contributed by atoms with Crippen LogP contribution in [0.1, 0.15) is 80.8 Å². The van der Waals surface area contributed by atoms with Gasteiger partial charge in [0.1, 0.15) is 30.3 Å². The standard InChI is InChI=1S/C55H62N4O10S/c1-37(2)48(50(63)58-33-40-23-19-18-22-39(40)32-46(58)49(62)57-45(51(64)65)30-31-47(60)61)59(53(67)68-35-38-20-10-6-11-21-38)34-44(56-52(66)69-54(3,4)5)36-70-55(41-24-12-7-13-25-41,42-26-14-8-15-27-42)43-28-16-9-17-29-43/h6-29,37,44-46,48H,30-36H2,1-5H3,(H,56,66)(H,57,62)(H,60,61)(H,64,65)/t44-,45+,46+,48+/m1/s1. The summed E-state index contributed by atoms with van der Waals surface area (Å²) in [5, 5.41) is 24.9. The van der Waals surface area contributed by atoms with Crippen molar-refractivity contribution in [2.45, 2.75) is 102 Å². The maximum atomic E-state index is 15.6. The largest absolute Gasteiger partial charge is 0.481 e. The quantitative estimate of drug-likeness (QED) is 0.0546. The molecule has 4 N–H and O–H groups in total. The molecular weight excluding hydrogens is 909 g/mol. The van der Waals surface area contributed by atoms with Crippen LogP contribution in [-0.2, 0) is 53.0 Å². The molecule has 5 aromatic rings. The second-order valence-corrected chi connectivity index (χ2v) is 19.8. The number of carbonyl (C=O) groups is 6. The third-order valence-corrected chi connectivity index (χ3v) is 13.6. The first-order chi connectivity index (χ1) is 33.5. The Bertz CT molecular complexity index is 2460. The number of carbonyl (C=O) groups excluding carboxylic acids is 4. The third kappa shape index (κ3) is 13.6. The molecule has 5 aromatic carbocycles. The molecule has 0 radical (unpaired) electrons. The predicted molar refractivity (Wildman–Crippen MR) is 268 cm³/mol. The van der Waals surface area contributed by atoms with Gasteiger partial charge in [0.25, 0.3) is 0 Å². The Balaban J connectivity index is 1.44. The number of rotatable bonds is 20. The predicted octanol–water partition coefficient (Wildman–Crippen LogP) is 8.66. The van der Waals surface area contributed by atoms with Gasteiger partial charge in [-0.2, -0.15) is 0 Å². The number of nitrogens with one attached hydrogen (secondary N) is 2. The van der Waals surface area contributed by atoms with E-state index in [1.165, 1.54) is 9.80 Å². The number of amides is 4. The van der Waals surface area contributed by atoms with Gasteiger partial charge in [-0.1, -0.05) is 159 Å². The molecule has 1 aliphatic rings. The van der Waals surface area contributed by atoms with E-state index in [1.54, 1.807) is 64.6 Å². The van der Waals surface area contributed by atoms with Crippen LogP contribution in [0.15, 0.2) is 146 Å². The molecular formula is C55H62N4O10S. The number of hydrogen-bond donors (Lipinski definition) is 4. The molecule has 368 valence electrons. The Kier molecular flexibility index (Phi) is 17.9. The lowest BCUT2D eigenvalue weighted by atomic mass is 9.84. The minimum atomic E-state index is -1.55. The first-order valence-corrected chi connectivity index (χ1v) is 24.3. The van der Waals surface area contributed by atoms with Gasteiger partial charge in [0, 0.05) is 31.7 Å². The van der Waals surface area contributed by atoms with Gasteiger partial charge in [-0.05, 0) is 66.5 Å². The molecule has 0 unspecified atom stereocenters. The lowest BCUT2D eigenvalue weighted by Gasteiger charge is -2.42. The van der Waals surface area contributed by atoms with E-state index in [4.69, 9.17) is 9.47 Å². The fourth-order valence-electron chi connectivity index (χ4n) is 8.68. The summed E-state index contributed by atoms with van der Waals surface area (Å²) in [4.78, 5) is 85.1. The molecule has 0 spiro atoms. The Morgan fingerprint density at radius 1 is 0.729 bits per heavy atom. The highest BCUT2D eigenvalue weighted by molar-refractivity contribution is 8.00. The highest BCUT2D eigenvalue weighted by Crippen LogP contribution is 2.48. The van der Waals surface area contributed by atoms with Crippen molar-refractivity contribution >= 4 is 47.7 Å². The number of thioether (sulfide) groups is 1. The summed E-state index contributed by atoms with van der Waals surface area (Å²) in [6.07, 6.45) is -2.47. The van der Waals surface area contributed by atoms with E-state index >= 15 is 4.79 Å². The summed E-state index contributed by atoms with van der Waals surface area (Å²) in [5.74, 6) is -4.49. The minimum absolute atomic E-state index is 0.0162. The van der Waals surface area contributed by atoms with Crippen LogP contribution in [0.4, 0.5) is 9.59 Å². The molecule has 0 aromatic heterocycles. The number of aliphatic carboxylic acids is 2. The van der Waals surface area contributed by atoms with Crippen LogP contribution in [0.25, 0.3) is 0 Å². The molecule has 0 bridgehead atoms. The second-order valence-electron chi connectivity index (χ2n) is 18.6. The van der Waals surface area contributed by atoms with Crippen molar-refractivity contribution in [1.29, 1.82) is 0 Å². The first-order valence-electron chi connectivity index (χ1n) is 23.4. The number of alkyl carbamates (subject to hydrolysis) is 1. The Morgan fingerprint density at radius 2 is 1.24 bits per heavy atom. The van der Waals surface area contributed by atoms with E-state index in [1.807, 2.05) is 91.0 Å². The van der Waals surface area contributed by atoms with E-state index in [0.29, 0.717) is 5.56 Å². The van der Waals surface area contributed by atoms with Crippen molar-refractivity contribution in [3.8, 4) is 0 Å². The van der Waals surface area contributed by atoms with Crippen LogP contribution in [0.3, 0.4) is 0 Å². The summed E-state index contributed by atoms with van der Waals surface area (Å²) >= 11 is 1.55. The van der Waals surface area contributed by atoms with Gasteiger partial charge in [0.2, 0.25) is 11.8 Å². The van der Waals surface area contributed by atoms with Crippen molar-refractivity contribution in [3.63, 3.8) is 0 Å². The topological polar surface area (TPSA) is 192 Å². The van der Waals surface area contributed by atoms with Gasteiger partial charge < -0.3 is 35.2 Å². The van der Waals surface area contributed by atoms with Gasteiger partial charge in [-0.15, -0.1) is 11.8 Å². The number of benzene rings is 5. The maximum Gasteiger partial charge on any atom is 0.410 e. The molecule has 1 heterocycles. The summed E-state index contributed by atoms with van der Waals surface area (Å²) in [7, 11) is 0. The van der Waals surface area contributed by atoms with E-state index in [2.05, 4.69) is 47.0 Å². The molecule has 15 heteroatoms. The molecule has 14 nitrogen and oxygen atoms in total. The molecule has 4 atom stereocenters. The number of ether oxygens (including phenoxy) is 2. The summed E-state index contributed by atoms with van der Waals surface area (Å²) in [6.45, 7) is 8.34. The van der Waals surface area contributed by atoms with Crippen LogP contribution >= 0.6 is 11.8 Å². The fraction of sp³-hybridized carbons (Fsp3) is 0.345. The van der Waals surface area contributed by atoms with Crippen molar-refractivity contribution in [1.82, 2.24) is 20.4 Å². The highest BCUT2D eigenvalue weighted by atomic mass is 32.2. The van der Waals surface area contributed by atoms with Crippen LogP contribution in [0, 0.1) is 5.92 Å². The molecule has 0 aliphatic carbocycles. The zero-order valence-electron chi connectivity index (χ0n) is 40.2. The van der Waals surface area contributed by atoms with Crippen molar-refractivity contribution in [2.75, 3.05) is 12.3 Å². The molecule has 70 heavy (non-hydrogen) atoms. The number of carboxylic acids is 2. The van der Waals surface area contributed by atoms with E-state index < -0.39 is 82.8 Å². The maximum absolute atomic E-state index is 15.6. The smallest absolute Gasteiger partial charge is 0.410 e. The average Bonchev–Trinajstić information content (AvgIpc) is 3.34. The first kappa shape index (κ1) is 52.2. The zero-order chi connectivity index (χ0) is 50.4. The number of fused-ring (bicyclic) bond motifs is 1. The molecule has 0 saturated heterocycles. The lowest BCUT2D eigenvalue weighted by Crippen LogP contribution is -2.62. The lowest BCUT2D eigenvalue weighted by molar-refractivity contribution is -0.149. The van der Waals surface area contributed by atoms with Crippen LogP contribution in [-0.4, -0.2) is 98.0 Å². The normalized spacial score (nSPS) is 14.8. The Morgan fingerprint density at radius 3 is 1.74 bits per heavy atom. The van der Waals surface area contributed by atoms with E-state index in [0.717, 1.165) is 27.8 Å². The number of nitrogens with zero attached hydrogens (tertiary/aromatic N) is 2. The van der Waals surface area contributed by atoms with E-state index in [9.17, 15) is 34.2 Å². The average molecular weight is 971 g/mol. The number of carboxylic acid groups (broad SMARTS) is 2. The van der Waals surface area contributed by atoms with Crippen LogP contribution in [0.5, 0.6) is 0 Å². The van der Waals surface area contributed by atoms with Gasteiger partial charge in [0.15, 0.2) is 0 Å². The van der Waals surface area contributed by atoms with Gasteiger partial charge in [0.05, 0.1) is 10.8 Å². The summed E-state index contributed by atoms with van der Waals surface area (Å²) < 4.78 is 11.0. The van der Waals surface area contributed by atoms with Gasteiger partial charge in [-0.3, -0.25) is 19.3 Å². The van der Waals surface area contributed by atoms with Gasteiger partial charge in [-0.25, -0.2) is 14.4 Å². The zero-order valence-corrected chi connectivity index (χ0v) is 41.0. The van der Waals surface area contributed by atoms with Crippen LogP contribution in [0.2, 0.25) is 0 Å². The molecule has 4 amide bonds. The number of hydrogen-bond acceptors (Lipinski definition) is 9. The minimum Gasteiger partial charge on any atom is -0.481 e. The highest BCUT2D eigenvalue weighted by Gasteiger charge is 2.45. The third-order valence-electron chi connectivity index (χ3n) is 11.9. The Labute approximate surface area is 413 Å².